The molecule has 0 aliphatic carbocycles. The summed E-state index contributed by atoms with van der Waals surface area (Å²) in [6.07, 6.45) is 1.37. The molecule has 0 unspecified atom stereocenters. The van der Waals surface area contributed by atoms with Gasteiger partial charge in [-0.15, -0.1) is 0 Å². The zero-order valence-electron chi connectivity index (χ0n) is 13.4. The summed E-state index contributed by atoms with van der Waals surface area (Å²) in [5.74, 6) is -3.07. The molecule has 0 bridgehead atoms. The van der Waals surface area contributed by atoms with E-state index < -0.39 is 29.7 Å². The molecule has 2 aromatic carbocycles. The predicted molar refractivity (Wildman–Crippen MR) is 89.5 cm³/mol. The Kier molecular flexibility index (Phi) is 4.47. The number of aliphatic carboxylic acids is 1. The summed E-state index contributed by atoms with van der Waals surface area (Å²) in [6.45, 7) is 1.51. The third-order valence-corrected chi connectivity index (χ3v) is 4.07. The van der Waals surface area contributed by atoms with Crippen molar-refractivity contribution in [2.24, 2.45) is 5.92 Å². The maximum atomic E-state index is 13.8. The molecule has 1 aromatic heterocycles. The number of rotatable bonds is 5. The Balaban J connectivity index is 1.97. The van der Waals surface area contributed by atoms with Crippen LogP contribution in [0.5, 0.6) is 0 Å². The summed E-state index contributed by atoms with van der Waals surface area (Å²) in [6, 6.07) is 10.4. The molecule has 0 radical (unpaired) electrons. The maximum absolute atomic E-state index is 13.8. The van der Waals surface area contributed by atoms with Crippen LogP contribution >= 0.6 is 0 Å². The topological polar surface area (TPSA) is 95.1 Å². The van der Waals surface area contributed by atoms with Gasteiger partial charge in [0, 0.05) is 0 Å². The standard InChI is InChI=1S/C18H16FN3O3/c1-10(18(24)25)15(11-5-3-2-4-6-11)22-17(23)13-7-12(19)8-14-16(13)21-9-20-14/h2-10,15H,1H3,(H,20,21)(H,22,23)(H,24,25)/t10-,15+/m0/s1. The first-order valence-corrected chi connectivity index (χ1v) is 7.68. The van der Waals surface area contributed by atoms with Crippen LogP contribution in [0, 0.1) is 11.7 Å². The summed E-state index contributed by atoms with van der Waals surface area (Å²) in [4.78, 5) is 30.9. The smallest absolute Gasteiger partial charge is 0.308 e. The van der Waals surface area contributed by atoms with Gasteiger partial charge in [0.05, 0.1) is 29.4 Å². The van der Waals surface area contributed by atoms with Crippen LogP contribution < -0.4 is 5.32 Å². The molecule has 3 N–H and O–H groups in total. The maximum Gasteiger partial charge on any atom is 0.308 e. The largest absolute Gasteiger partial charge is 0.481 e. The second kappa shape index (κ2) is 6.72. The highest BCUT2D eigenvalue weighted by atomic mass is 19.1. The number of hydrogen-bond donors (Lipinski definition) is 3. The van der Waals surface area contributed by atoms with Crippen molar-refractivity contribution in [3.8, 4) is 0 Å². The van der Waals surface area contributed by atoms with Crippen LogP contribution in [0.3, 0.4) is 0 Å². The molecule has 0 saturated heterocycles. The molecule has 0 fully saturated rings. The van der Waals surface area contributed by atoms with Crippen molar-refractivity contribution < 1.29 is 19.1 Å². The summed E-state index contributed by atoms with van der Waals surface area (Å²) >= 11 is 0. The van der Waals surface area contributed by atoms with E-state index in [0.717, 1.165) is 6.07 Å². The SMILES string of the molecule is C[C@H](C(=O)O)[C@@H](NC(=O)c1cc(F)cc2[nH]cnc12)c1ccccc1. The van der Waals surface area contributed by atoms with E-state index in [9.17, 15) is 19.1 Å². The van der Waals surface area contributed by atoms with E-state index in [0.29, 0.717) is 16.6 Å². The second-order valence-electron chi connectivity index (χ2n) is 5.74. The van der Waals surface area contributed by atoms with E-state index in [1.807, 2.05) is 0 Å². The molecule has 0 spiro atoms. The number of nitrogens with zero attached hydrogens (tertiary/aromatic N) is 1. The molecule has 0 aliphatic heterocycles. The highest BCUT2D eigenvalue weighted by Crippen LogP contribution is 2.24. The number of fused-ring (bicyclic) bond motifs is 1. The number of imidazole rings is 1. The van der Waals surface area contributed by atoms with Gasteiger partial charge in [0.2, 0.25) is 0 Å². The number of benzene rings is 2. The molecule has 128 valence electrons. The lowest BCUT2D eigenvalue weighted by Crippen LogP contribution is -2.35. The molecule has 1 heterocycles. The number of carbonyl (C=O) groups excluding carboxylic acids is 1. The highest BCUT2D eigenvalue weighted by molar-refractivity contribution is 6.05. The van der Waals surface area contributed by atoms with Gasteiger partial charge in [-0.05, 0) is 24.6 Å². The normalized spacial score (nSPS) is 13.4. The van der Waals surface area contributed by atoms with Gasteiger partial charge in [-0.2, -0.15) is 0 Å². The number of nitrogens with one attached hydrogen (secondary N) is 2. The van der Waals surface area contributed by atoms with Crippen molar-refractivity contribution in [1.82, 2.24) is 15.3 Å². The zero-order chi connectivity index (χ0) is 18.0. The monoisotopic (exact) mass is 341 g/mol. The molecule has 2 atom stereocenters. The van der Waals surface area contributed by atoms with Crippen molar-refractivity contribution >= 4 is 22.9 Å². The summed E-state index contributed by atoms with van der Waals surface area (Å²) in [7, 11) is 0. The number of halogens is 1. The molecule has 1 amide bonds. The van der Waals surface area contributed by atoms with E-state index in [1.165, 1.54) is 19.3 Å². The molecule has 0 aliphatic rings. The predicted octanol–water partition coefficient (Wildman–Crippen LogP) is 2.89. The van der Waals surface area contributed by atoms with Gasteiger partial charge in [0.15, 0.2) is 0 Å². The highest BCUT2D eigenvalue weighted by Gasteiger charge is 2.28. The Morgan fingerprint density at radius 2 is 1.96 bits per heavy atom. The number of aromatic nitrogens is 2. The Morgan fingerprint density at radius 3 is 2.64 bits per heavy atom. The quantitative estimate of drug-likeness (QED) is 0.665. The van der Waals surface area contributed by atoms with Crippen LogP contribution in [-0.2, 0) is 4.79 Å². The van der Waals surface area contributed by atoms with Gasteiger partial charge < -0.3 is 15.4 Å². The number of amides is 1. The molecular formula is C18H16FN3O3. The van der Waals surface area contributed by atoms with Crippen LogP contribution in [0.2, 0.25) is 0 Å². The van der Waals surface area contributed by atoms with Crippen molar-refractivity contribution in [2.75, 3.05) is 0 Å². The number of carboxylic acid groups (broad SMARTS) is 1. The first kappa shape index (κ1) is 16.6. The lowest BCUT2D eigenvalue weighted by molar-refractivity contribution is -0.142. The first-order valence-electron chi connectivity index (χ1n) is 7.68. The fourth-order valence-corrected chi connectivity index (χ4v) is 2.71. The summed E-state index contributed by atoms with van der Waals surface area (Å²) in [5, 5.41) is 12.1. The summed E-state index contributed by atoms with van der Waals surface area (Å²) in [5.41, 5.74) is 1.43. The van der Waals surface area contributed by atoms with Crippen molar-refractivity contribution in [3.63, 3.8) is 0 Å². The minimum Gasteiger partial charge on any atom is -0.481 e. The van der Waals surface area contributed by atoms with Crippen LogP contribution in [0.25, 0.3) is 11.0 Å². The van der Waals surface area contributed by atoms with E-state index in [-0.39, 0.29) is 5.56 Å². The number of hydrogen-bond acceptors (Lipinski definition) is 3. The van der Waals surface area contributed by atoms with Gasteiger partial charge in [0.1, 0.15) is 11.3 Å². The van der Waals surface area contributed by atoms with Crippen LogP contribution in [0.15, 0.2) is 48.8 Å². The van der Waals surface area contributed by atoms with Crippen LogP contribution in [-0.4, -0.2) is 27.0 Å². The average molecular weight is 341 g/mol. The number of carboxylic acids is 1. The molecule has 6 nitrogen and oxygen atoms in total. The summed E-state index contributed by atoms with van der Waals surface area (Å²) < 4.78 is 13.8. The van der Waals surface area contributed by atoms with Gasteiger partial charge in [-0.25, -0.2) is 9.37 Å². The lowest BCUT2D eigenvalue weighted by Gasteiger charge is -2.23. The lowest BCUT2D eigenvalue weighted by atomic mass is 9.94. The van der Waals surface area contributed by atoms with E-state index in [2.05, 4.69) is 15.3 Å². The van der Waals surface area contributed by atoms with Gasteiger partial charge >= 0.3 is 5.97 Å². The number of carbonyl (C=O) groups is 2. The fraction of sp³-hybridized carbons (Fsp3) is 0.167. The Bertz CT molecular complexity index is 924. The molecule has 7 heteroatoms. The van der Waals surface area contributed by atoms with Crippen molar-refractivity contribution in [1.29, 1.82) is 0 Å². The number of H-pyrrole nitrogens is 1. The van der Waals surface area contributed by atoms with Gasteiger partial charge in [0.25, 0.3) is 5.91 Å². The fourth-order valence-electron chi connectivity index (χ4n) is 2.71. The zero-order valence-corrected chi connectivity index (χ0v) is 13.4. The van der Waals surface area contributed by atoms with E-state index in [1.54, 1.807) is 30.3 Å². The third kappa shape index (κ3) is 3.35. The van der Waals surface area contributed by atoms with Gasteiger partial charge in [-0.1, -0.05) is 30.3 Å². The van der Waals surface area contributed by atoms with E-state index in [4.69, 9.17) is 0 Å². The molecule has 0 saturated carbocycles. The van der Waals surface area contributed by atoms with E-state index >= 15 is 0 Å². The second-order valence-corrected chi connectivity index (χ2v) is 5.74. The van der Waals surface area contributed by atoms with Crippen molar-refractivity contribution in [3.05, 3.63) is 65.7 Å². The molecular weight excluding hydrogens is 325 g/mol. The number of aromatic amines is 1. The molecule has 3 rings (SSSR count). The Labute approximate surface area is 142 Å². The first-order chi connectivity index (χ1) is 12.0. The molecule has 3 aromatic rings. The minimum absolute atomic E-state index is 0.0507. The van der Waals surface area contributed by atoms with Crippen LogP contribution in [0.4, 0.5) is 4.39 Å². The third-order valence-electron chi connectivity index (χ3n) is 4.07. The van der Waals surface area contributed by atoms with Crippen molar-refractivity contribution in [2.45, 2.75) is 13.0 Å². The Morgan fingerprint density at radius 1 is 1.24 bits per heavy atom. The average Bonchev–Trinajstić information content (AvgIpc) is 3.07. The molecule has 25 heavy (non-hydrogen) atoms. The van der Waals surface area contributed by atoms with Crippen LogP contribution in [0.1, 0.15) is 28.9 Å². The minimum atomic E-state index is -1.04. The Hall–Kier alpha value is -3.22. The van der Waals surface area contributed by atoms with Gasteiger partial charge in [-0.3, -0.25) is 9.59 Å².